The van der Waals surface area contributed by atoms with Crippen molar-refractivity contribution in [1.82, 2.24) is 0 Å². The lowest BCUT2D eigenvalue weighted by Gasteiger charge is -1.98. The molecule has 0 saturated carbocycles. The zero-order valence-corrected chi connectivity index (χ0v) is 11.4. The summed E-state index contributed by atoms with van der Waals surface area (Å²) in [6.07, 6.45) is 17.8. The first-order valence-corrected chi connectivity index (χ1v) is 7.11. The van der Waals surface area contributed by atoms with Gasteiger partial charge in [-0.2, -0.15) is 0 Å². The number of carbonyl (C=O) groups excluding carboxylic acids is 1. The summed E-state index contributed by atoms with van der Waals surface area (Å²) in [4.78, 5) is 10.9. The Labute approximate surface area is 107 Å². The quantitative estimate of drug-likeness (QED) is 0.258. The van der Waals surface area contributed by atoms with Crippen molar-refractivity contribution in [3.05, 3.63) is 24.8 Å². The van der Waals surface area contributed by atoms with Gasteiger partial charge < -0.3 is 0 Å². The fourth-order valence-electron chi connectivity index (χ4n) is 1.75. The molecule has 1 nitrogen and oxygen atoms in total. The molecule has 0 N–H and O–H groups in total. The SMILES string of the molecule is C=CC(=O)CCCCCCC/C=C/CCCC. The van der Waals surface area contributed by atoms with Crippen LogP contribution in [0.15, 0.2) is 24.8 Å². The Morgan fingerprint density at radius 2 is 1.53 bits per heavy atom. The van der Waals surface area contributed by atoms with Crippen LogP contribution in [0.4, 0.5) is 0 Å². The first-order chi connectivity index (χ1) is 8.31. The zero-order valence-electron chi connectivity index (χ0n) is 11.4. The smallest absolute Gasteiger partial charge is 0.155 e. The molecule has 98 valence electrons. The van der Waals surface area contributed by atoms with E-state index >= 15 is 0 Å². The van der Waals surface area contributed by atoms with Gasteiger partial charge in [-0.05, 0) is 31.8 Å². The zero-order chi connectivity index (χ0) is 12.8. The molecule has 0 spiro atoms. The Morgan fingerprint density at radius 1 is 0.941 bits per heavy atom. The van der Waals surface area contributed by atoms with Gasteiger partial charge in [-0.25, -0.2) is 0 Å². The summed E-state index contributed by atoms with van der Waals surface area (Å²) in [5.74, 6) is 0.184. The summed E-state index contributed by atoms with van der Waals surface area (Å²) < 4.78 is 0. The van der Waals surface area contributed by atoms with Crippen molar-refractivity contribution in [2.24, 2.45) is 0 Å². The summed E-state index contributed by atoms with van der Waals surface area (Å²) in [5, 5.41) is 0. The molecular formula is C16H28O. The molecule has 0 aromatic carbocycles. The lowest BCUT2D eigenvalue weighted by Crippen LogP contribution is -1.91. The molecule has 0 bridgehead atoms. The molecule has 0 aliphatic heterocycles. The molecule has 0 aliphatic carbocycles. The second-order valence-electron chi connectivity index (χ2n) is 4.59. The van der Waals surface area contributed by atoms with Gasteiger partial charge in [0.15, 0.2) is 5.78 Å². The first-order valence-electron chi connectivity index (χ1n) is 7.11. The highest BCUT2D eigenvalue weighted by molar-refractivity contribution is 5.88. The van der Waals surface area contributed by atoms with E-state index in [9.17, 15) is 4.79 Å². The van der Waals surface area contributed by atoms with Crippen LogP contribution in [-0.2, 0) is 4.79 Å². The molecule has 0 aromatic rings. The lowest BCUT2D eigenvalue weighted by atomic mass is 10.1. The van der Waals surface area contributed by atoms with E-state index in [1.165, 1.54) is 57.4 Å². The molecule has 0 unspecified atom stereocenters. The Hall–Kier alpha value is -0.850. The Morgan fingerprint density at radius 3 is 2.18 bits per heavy atom. The van der Waals surface area contributed by atoms with Crippen LogP contribution in [0, 0.1) is 0 Å². The highest BCUT2D eigenvalue weighted by Gasteiger charge is 1.95. The second-order valence-corrected chi connectivity index (χ2v) is 4.59. The monoisotopic (exact) mass is 236 g/mol. The average Bonchev–Trinajstić information content (AvgIpc) is 2.35. The average molecular weight is 236 g/mol. The molecular weight excluding hydrogens is 208 g/mol. The van der Waals surface area contributed by atoms with Gasteiger partial charge >= 0.3 is 0 Å². The van der Waals surface area contributed by atoms with Crippen LogP contribution in [0.25, 0.3) is 0 Å². The van der Waals surface area contributed by atoms with Crippen molar-refractivity contribution < 1.29 is 4.79 Å². The van der Waals surface area contributed by atoms with Crippen molar-refractivity contribution >= 4 is 5.78 Å². The van der Waals surface area contributed by atoms with E-state index in [0.29, 0.717) is 6.42 Å². The molecule has 0 amide bonds. The van der Waals surface area contributed by atoms with Crippen LogP contribution < -0.4 is 0 Å². The molecule has 0 radical (unpaired) electrons. The molecule has 0 heterocycles. The van der Waals surface area contributed by atoms with Crippen LogP contribution in [0.2, 0.25) is 0 Å². The van der Waals surface area contributed by atoms with Gasteiger partial charge in [-0.3, -0.25) is 4.79 Å². The van der Waals surface area contributed by atoms with E-state index in [1.807, 2.05) is 0 Å². The Balaban J connectivity index is 3.10. The topological polar surface area (TPSA) is 17.1 Å². The van der Waals surface area contributed by atoms with Crippen molar-refractivity contribution in [2.75, 3.05) is 0 Å². The summed E-state index contributed by atoms with van der Waals surface area (Å²) >= 11 is 0. The van der Waals surface area contributed by atoms with Crippen molar-refractivity contribution in [1.29, 1.82) is 0 Å². The number of allylic oxidation sites excluding steroid dienone is 3. The molecule has 0 rings (SSSR count). The summed E-state index contributed by atoms with van der Waals surface area (Å²) in [6, 6.07) is 0. The third kappa shape index (κ3) is 13.1. The van der Waals surface area contributed by atoms with Crippen LogP contribution in [0.5, 0.6) is 0 Å². The highest BCUT2D eigenvalue weighted by atomic mass is 16.1. The maximum Gasteiger partial charge on any atom is 0.155 e. The predicted octanol–water partition coefficient (Wildman–Crippen LogP) is 5.22. The first kappa shape index (κ1) is 16.1. The highest BCUT2D eigenvalue weighted by Crippen LogP contribution is 2.08. The molecule has 0 saturated heterocycles. The molecule has 0 fully saturated rings. The van der Waals surface area contributed by atoms with Crippen molar-refractivity contribution in [3.63, 3.8) is 0 Å². The molecule has 0 aliphatic rings. The van der Waals surface area contributed by atoms with Gasteiger partial charge in [-0.1, -0.05) is 57.8 Å². The predicted molar refractivity (Wildman–Crippen MR) is 76.2 cm³/mol. The molecule has 0 atom stereocenters. The van der Waals surface area contributed by atoms with Gasteiger partial charge in [-0.15, -0.1) is 0 Å². The molecule has 0 aromatic heterocycles. The third-order valence-electron chi connectivity index (χ3n) is 2.91. The Kier molecular flexibility index (Phi) is 12.6. The van der Waals surface area contributed by atoms with Gasteiger partial charge in [0, 0.05) is 6.42 Å². The Bertz CT molecular complexity index is 216. The fourth-order valence-corrected chi connectivity index (χ4v) is 1.75. The van der Waals surface area contributed by atoms with Gasteiger partial charge in [0.05, 0.1) is 0 Å². The largest absolute Gasteiger partial charge is 0.295 e. The van der Waals surface area contributed by atoms with E-state index < -0.39 is 0 Å². The second kappa shape index (κ2) is 13.2. The number of hydrogen-bond acceptors (Lipinski definition) is 1. The number of hydrogen-bond donors (Lipinski definition) is 0. The van der Waals surface area contributed by atoms with E-state index in [2.05, 4.69) is 25.7 Å². The minimum absolute atomic E-state index is 0.184. The van der Waals surface area contributed by atoms with Gasteiger partial charge in [0.25, 0.3) is 0 Å². The van der Waals surface area contributed by atoms with Crippen LogP contribution >= 0.6 is 0 Å². The number of ketones is 1. The van der Waals surface area contributed by atoms with Crippen LogP contribution in [-0.4, -0.2) is 5.78 Å². The summed E-state index contributed by atoms with van der Waals surface area (Å²) in [7, 11) is 0. The summed E-state index contributed by atoms with van der Waals surface area (Å²) in [6.45, 7) is 5.70. The van der Waals surface area contributed by atoms with E-state index in [4.69, 9.17) is 0 Å². The number of rotatable bonds is 12. The molecule has 1 heteroatoms. The van der Waals surface area contributed by atoms with Crippen LogP contribution in [0.3, 0.4) is 0 Å². The van der Waals surface area contributed by atoms with Crippen molar-refractivity contribution in [2.45, 2.75) is 71.1 Å². The van der Waals surface area contributed by atoms with E-state index in [0.717, 1.165) is 6.42 Å². The fraction of sp³-hybridized carbons (Fsp3) is 0.688. The number of carbonyl (C=O) groups is 1. The van der Waals surface area contributed by atoms with Gasteiger partial charge in [0.2, 0.25) is 0 Å². The minimum Gasteiger partial charge on any atom is -0.295 e. The lowest BCUT2D eigenvalue weighted by molar-refractivity contribution is -0.114. The number of unbranched alkanes of at least 4 members (excludes halogenated alkanes) is 7. The minimum atomic E-state index is 0.184. The summed E-state index contributed by atoms with van der Waals surface area (Å²) in [5.41, 5.74) is 0. The van der Waals surface area contributed by atoms with Crippen LogP contribution in [0.1, 0.15) is 71.1 Å². The molecule has 17 heavy (non-hydrogen) atoms. The van der Waals surface area contributed by atoms with E-state index in [-0.39, 0.29) is 5.78 Å². The van der Waals surface area contributed by atoms with Crippen molar-refractivity contribution in [3.8, 4) is 0 Å². The third-order valence-corrected chi connectivity index (χ3v) is 2.91. The maximum absolute atomic E-state index is 10.9. The maximum atomic E-state index is 10.9. The normalized spacial score (nSPS) is 10.9. The standard InChI is InChI=1S/C16H28O/c1-3-5-6-7-8-9-10-11-12-13-14-15-16(17)4-2/h4,7-8H,2-3,5-6,9-15H2,1H3/b8-7+. The van der Waals surface area contributed by atoms with E-state index in [1.54, 1.807) is 0 Å². The van der Waals surface area contributed by atoms with Gasteiger partial charge in [0.1, 0.15) is 0 Å².